The number of carbonyl (C=O) groups is 1. The molecule has 2 saturated heterocycles. The quantitative estimate of drug-likeness (QED) is 0.893. The zero-order valence-corrected chi connectivity index (χ0v) is 14.5. The molecule has 3 rings (SSSR count). The SMILES string of the molecule is Cl.O=C(Cc1c(F)cccc1Cl)N1CCN(C2CCNC2)CC1. The largest absolute Gasteiger partial charge is 0.340 e. The van der Waals surface area contributed by atoms with Crippen LogP contribution in [0.1, 0.15) is 12.0 Å². The van der Waals surface area contributed by atoms with E-state index in [0.717, 1.165) is 26.2 Å². The zero-order chi connectivity index (χ0) is 15.5. The summed E-state index contributed by atoms with van der Waals surface area (Å²) in [5, 5.41) is 3.69. The number of carbonyl (C=O) groups excluding carboxylic acids is 1. The van der Waals surface area contributed by atoms with E-state index in [1.807, 2.05) is 4.90 Å². The van der Waals surface area contributed by atoms with Crippen LogP contribution in [0.15, 0.2) is 18.2 Å². The number of hydrogen-bond donors (Lipinski definition) is 1. The van der Waals surface area contributed by atoms with E-state index in [2.05, 4.69) is 10.2 Å². The lowest BCUT2D eigenvalue weighted by Crippen LogP contribution is -2.52. The lowest BCUT2D eigenvalue weighted by Gasteiger charge is -2.37. The summed E-state index contributed by atoms with van der Waals surface area (Å²) in [6.45, 7) is 5.32. The standard InChI is InChI=1S/C16H21ClFN3O.ClH/c17-14-2-1-3-15(18)13(14)10-16(22)21-8-6-20(7-9-21)12-4-5-19-11-12;/h1-3,12,19H,4-11H2;1H. The average Bonchev–Trinajstić information content (AvgIpc) is 3.05. The Labute approximate surface area is 147 Å². The molecule has 0 bridgehead atoms. The van der Waals surface area contributed by atoms with Gasteiger partial charge in [0.15, 0.2) is 0 Å². The van der Waals surface area contributed by atoms with Crippen LogP contribution in [-0.2, 0) is 11.2 Å². The Balaban J connectivity index is 0.00000192. The highest BCUT2D eigenvalue weighted by atomic mass is 35.5. The molecule has 2 fully saturated rings. The highest BCUT2D eigenvalue weighted by Gasteiger charge is 2.28. The van der Waals surface area contributed by atoms with Crippen LogP contribution in [0.2, 0.25) is 5.02 Å². The molecule has 1 atom stereocenters. The van der Waals surface area contributed by atoms with Crippen LogP contribution in [0.4, 0.5) is 4.39 Å². The Bertz CT molecular complexity index is 524. The summed E-state index contributed by atoms with van der Waals surface area (Å²) in [5.41, 5.74) is 0.302. The topological polar surface area (TPSA) is 35.6 Å². The van der Waals surface area contributed by atoms with Crippen molar-refractivity contribution in [2.45, 2.75) is 18.9 Å². The Morgan fingerprint density at radius 1 is 1.30 bits per heavy atom. The zero-order valence-electron chi connectivity index (χ0n) is 12.9. The number of halogens is 3. The highest BCUT2D eigenvalue weighted by molar-refractivity contribution is 6.31. The van der Waals surface area contributed by atoms with Crippen LogP contribution in [0.5, 0.6) is 0 Å². The van der Waals surface area contributed by atoms with Crippen molar-refractivity contribution < 1.29 is 9.18 Å². The van der Waals surface area contributed by atoms with Gasteiger partial charge in [-0.05, 0) is 25.1 Å². The normalized spacial score (nSPS) is 22.0. The summed E-state index contributed by atoms with van der Waals surface area (Å²) in [6, 6.07) is 5.12. The third-order valence-electron chi connectivity index (χ3n) is 4.61. The Hall–Kier alpha value is -0.880. The van der Waals surface area contributed by atoms with Gasteiger partial charge in [-0.2, -0.15) is 0 Å². The molecule has 2 aliphatic rings. The number of rotatable bonds is 3. The molecule has 4 nitrogen and oxygen atoms in total. The van der Waals surface area contributed by atoms with Gasteiger partial charge >= 0.3 is 0 Å². The van der Waals surface area contributed by atoms with E-state index < -0.39 is 5.82 Å². The van der Waals surface area contributed by atoms with Gasteiger partial charge in [0.1, 0.15) is 5.82 Å². The van der Waals surface area contributed by atoms with Crippen molar-refractivity contribution in [3.8, 4) is 0 Å². The number of amides is 1. The summed E-state index contributed by atoms with van der Waals surface area (Å²) >= 11 is 6.00. The summed E-state index contributed by atoms with van der Waals surface area (Å²) in [6.07, 6.45) is 1.22. The maximum Gasteiger partial charge on any atom is 0.227 e. The van der Waals surface area contributed by atoms with Crippen LogP contribution in [0, 0.1) is 5.82 Å². The summed E-state index contributed by atoms with van der Waals surface area (Å²) in [5.74, 6) is -0.451. The predicted octanol–water partition coefficient (Wildman–Crippen LogP) is 1.95. The minimum absolute atomic E-state index is 0. The Kier molecular flexibility index (Phi) is 6.65. The van der Waals surface area contributed by atoms with Gasteiger partial charge in [0.2, 0.25) is 5.91 Å². The Morgan fingerprint density at radius 3 is 2.65 bits per heavy atom. The first-order valence-electron chi connectivity index (χ1n) is 7.80. The summed E-state index contributed by atoms with van der Waals surface area (Å²) in [7, 11) is 0. The van der Waals surface area contributed by atoms with E-state index in [4.69, 9.17) is 11.6 Å². The maximum absolute atomic E-state index is 13.8. The molecule has 1 N–H and O–H groups in total. The van der Waals surface area contributed by atoms with E-state index >= 15 is 0 Å². The maximum atomic E-state index is 13.8. The second-order valence-electron chi connectivity index (χ2n) is 5.94. The van der Waals surface area contributed by atoms with E-state index in [1.165, 1.54) is 12.5 Å². The first kappa shape index (κ1) is 18.5. The first-order chi connectivity index (χ1) is 10.6. The number of piperazine rings is 1. The molecule has 1 amide bonds. The molecular weight excluding hydrogens is 340 g/mol. The van der Waals surface area contributed by atoms with Gasteiger partial charge in [-0.1, -0.05) is 17.7 Å². The second kappa shape index (κ2) is 8.29. The lowest BCUT2D eigenvalue weighted by molar-refractivity contribution is -0.132. The van der Waals surface area contributed by atoms with E-state index in [-0.39, 0.29) is 24.7 Å². The van der Waals surface area contributed by atoms with Gasteiger partial charge in [-0.25, -0.2) is 4.39 Å². The monoisotopic (exact) mass is 361 g/mol. The van der Waals surface area contributed by atoms with Gasteiger partial charge in [0.25, 0.3) is 0 Å². The molecule has 0 aromatic heterocycles. The van der Waals surface area contributed by atoms with E-state index in [0.29, 0.717) is 29.7 Å². The number of nitrogens with zero attached hydrogens (tertiary/aromatic N) is 2. The lowest BCUT2D eigenvalue weighted by atomic mass is 10.1. The van der Waals surface area contributed by atoms with Gasteiger partial charge in [0.05, 0.1) is 6.42 Å². The molecular formula is C16H22Cl2FN3O. The van der Waals surface area contributed by atoms with Gasteiger partial charge in [0, 0.05) is 49.4 Å². The molecule has 1 unspecified atom stereocenters. The minimum atomic E-state index is -0.406. The van der Waals surface area contributed by atoms with Crippen LogP contribution >= 0.6 is 24.0 Å². The average molecular weight is 362 g/mol. The molecule has 0 spiro atoms. The van der Waals surface area contributed by atoms with Crippen LogP contribution in [-0.4, -0.2) is 61.0 Å². The van der Waals surface area contributed by atoms with Crippen molar-refractivity contribution >= 4 is 29.9 Å². The molecule has 2 heterocycles. The molecule has 7 heteroatoms. The summed E-state index contributed by atoms with van der Waals surface area (Å²) in [4.78, 5) is 16.6. The summed E-state index contributed by atoms with van der Waals surface area (Å²) < 4.78 is 13.8. The molecule has 0 aliphatic carbocycles. The Morgan fingerprint density at radius 2 is 2.04 bits per heavy atom. The van der Waals surface area contributed by atoms with Crippen molar-refractivity contribution in [2.24, 2.45) is 0 Å². The van der Waals surface area contributed by atoms with Crippen molar-refractivity contribution in [1.29, 1.82) is 0 Å². The molecule has 0 saturated carbocycles. The molecule has 1 aromatic carbocycles. The number of benzene rings is 1. The second-order valence-corrected chi connectivity index (χ2v) is 6.35. The number of hydrogen-bond acceptors (Lipinski definition) is 3. The fourth-order valence-electron chi connectivity index (χ4n) is 3.25. The fraction of sp³-hybridized carbons (Fsp3) is 0.562. The molecule has 1 aromatic rings. The third-order valence-corrected chi connectivity index (χ3v) is 4.96. The van der Waals surface area contributed by atoms with Crippen molar-refractivity contribution in [2.75, 3.05) is 39.3 Å². The highest BCUT2D eigenvalue weighted by Crippen LogP contribution is 2.21. The van der Waals surface area contributed by atoms with Crippen molar-refractivity contribution in [3.63, 3.8) is 0 Å². The van der Waals surface area contributed by atoms with E-state index in [9.17, 15) is 9.18 Å². The predicted molar refractivity (Wildman–Crippen MR) is 91.8 cm³/mol. The van der Waals surface area contributed by atoms with Crippen molar-refractivity contribution in [1.82, 2.24) is 15.1 Å². The van der Waals surface area contributed by atoms with Crippen LogP contribution in [0.25, 0.3) is 0 Å². The molecule has 2 aliphatic heterocycles. The van der Waals surface area contributed by atoms with Gasteiger partial charge in [-0.15, -0.1) is 12.4 Å². The first-order valence-corrected chi connectivity index (χ1v) is 8.18. The number of nitrogens with one attached hydrogen (secondary N) is 1. The van der Waals surface area contributed by atoms with Gasteiger partial charge in [-0.3, -0.25) is 9.69 Å². The van der Waals surface area contributed by atoms with Crippen LogP contribution < -0.4 is 5.32 Å². The third kappa shape index (κ3) is 4.35. The van der Waals surface area contributed by atoms with Crippen molar-refractivity contribution in [3.05, 3.63) is 34.6 Å². The molecule has 23 heavy (non-hydrogen) atoms. The van der Waals surface area contributed by atoms with E-state index in [1.54, 1.807) is 12.1 Å². The molecule has 0 radical (unpaired) electrons. The van der Waals surface area contributed by atoms with Crippen LogP contribution in [0.3, 0.4) is 0 Å². The fourth-order valence-corrected chi connectivity index (χ4v) is 3.48. The smallest absolute Gasteiger partial charge is 0.227 e. The molecule has 128 valence electrons. The van der Waals surface area contributed by atoms with Gasteiger partial charge < -0.3 is 10.2 Å². The minimum Gasteiger partial charge on any atom is -0.340 e.